The van der Waals surface area contributed by atoms with Gasteiger partial charge in [0.25, 0.3) is 0 Å². The first-order valence-electron chi connectivity index (χ1n) is 8.31. The van der Waals surface area contributed by atoms with E-state index in [0.29, 0.717) is 23.3 Å². The highest BCUT2D eigenvalue weighted by atomic mass is 35.5. The highest BCUT2D eigenvalue weighted by molar-refractivity contribution is 6.32. The maximum atomic E-state index is 6.19. The molecule has 0 atom stereocenters. The molecule has 0 saturated heterocycles. The standard InChI is InChI=1S/C19H21ClN4O2/c1-25-11-5-10-21-18-14-6-3-4-7-16(14)23-19(24-18)22-13-8-9-17(26-2)15(20)12-13/h3-4,6-9,12H,5,10-11H2,1-2H3,(H2,21,22,23,24). The predicted octanol–water partition coefficient (Wildman–Crippen LogP) is 4.48. The van der Waals surface area contributed by atoms with Gasteiger partial charge in [0.05, 0.1) is 17.6 Å². The number of benzene rings is 2. The molecule has 26 heavy (non-hydrogen) atoms. The molecule has 136 valence electrons. The van der Waals surface area contributed by atoms with Crippen molar-refractivity contribution in [3.05, 3.63) is 47.5 Å². The van der Waals surface area contributed by atoms with Crippen LogP contribution in [0.25, 0.3) is 10.9 Å². The van der Waals surface area contributed by atoms with Gasteiger partial charge in [-0.1, -0.05) is 23.7 Å². The number of nitrogens with one attached hydrogen (secondary N) is 2. The van der Waals surface area contributed by atoms with E-state index in [1.807, 2.05) is 30.3 Å². The van der Waals surface area contributed by atoms with Crippen LogP contribution in [-0.2, 0) is 4.74 Å². The summed E-state index contributed by atoms with van der Waals surface area (Å²) in [7, 11) is 3.28. The Hall–Kier alpha value is -2.57. The lowest BCUT2D eigenvalue weighted by atomic mass is 10.2. The topological polar surface area (TPSA) is 68.3 Å². The van der Waals surface area contributed by atoms with E-state index in [0.717, 1.165) is 35.4 Å². The molecule has 0 aliphatic heterocycles. The number of aromatic nitrogens is 2. The van der Waals surface area contributed by atoms with E-state index in [1.165, 1.54) is 0 Å². The quantitative estimate of drug-likeness (QED) is 0.568. The van der Waals surface area contributed by atoms with Crippen LogP contribution in [0.5, 0.6) is 5.75 Å². The van der Waals surface area contributed by atoms with Crippen molar-refractivity contribution in [1.82, 2.24) is 9.97 Å². The number of ether oxygens (including phenoxy) is 2. The summed E-state index contributed by atoms with van der Waals surface area (Å²) < 4.78 is 10.3. The van der Waals surface area contributed by atoms with Crippen molar-refractivity contribution >= 4 is 40.0 Å². The molecule has 0 unspecified atom stereocenters. The molecular formula is C19H21ClN4O2. The van der Waals surface area contributed by atoms with Gasteiger partial charge in [-0.25, -0.2) is 4.98 Å². The summed E-state index contributed by atoms with van der Waals surface area (Å²) in [6.45, 7) is 1.47. The zero-order valence-corrected chi connectivity index (χ0v) is 15.5. The second-order valence-electron chi connectivity index (χ2n) is 5.66. The molecule has 2 N–H and O–H groups in total. The van der Waals surface area contributed by atoms with Gasteiger partial charge in [-0.05, 0) is 36.8 Å². The molecule has 0 bridgehead atoms. The van der Waals surface area contributed by atoms with Gasteiger partial charge in [0, 0.05) is 31.3 Å². The fourth-order valence-corrected chi connectivity index (χ4v) is 2.82. The van der Waals surface area contributed by atoms with Crippen LogP contribution < -0.4 is 15.4 Å². The summed E-state index contributed by atoms with van der Waals surface area (Å²) >= 11 is 6.19. The van der Waals surface area contributed by atoms with Crippen molar-refractivity contribution in [2.45, 2.75) is 6.42 Å². The third kappa shape index (κ3) is 4.33. The van der Waals surface area contributed by atoms with Crippen LogP contribution in [0.15, 0.2) is 42.5 Å². The molecule has 0 aliphatic carbocycles. The number of hydrogen-bond donors (Lipinski definition) is 2. The van der Waals surface area contributed by atoms with E-state index >= 15 is 0 Å². The fourth-order valence-electron chi connectivity index (χ4n) is 2.56. The zero-order chi connectivity index (χ0) is 18.4. The number of nitrogens with zero attached hydrogens (tertiary/aromatic N) is 2. The number of anilines is 3. The Labute approximate surface area is 157 Å². The lowest BCUT2D eigenvalue weighted by Crippen LogP contribution is -2.08. The molecule has 0 saturated carbocycles. The van der Waals surface area contributed by atoms with Crippen LogP contribution in [0, 0.1) is 0 Å². The number of halogens is 1. The molecule has 1 heterocycles. The van der Waals surface area contributed by atoms with Gasteiger partial charge >= 0.3 is 0 Å². The van der Waals surface area contributed by atoms with Gasteiger partial charge in [-0.2, -0.15) is 4.98 Å². The van der Waals surface area contributed by atoms with Crippen molar-refractivity contribution in [1.29, 1.82) is 0 Å². The molecule has 0 spiro atoms. The van der Waals surface area contributed by atoms with E-state index in [-0.39, 0.29) is 0 Å². The van der Waals surface area contributed by atoms with E-state index in [4.69, 9.17) is 21.1 Å². The van der Waals surface area contributed by atoms with Crippen molar-refractivity contribution in [3.63, 3.8) is 0 Å². The average molecular weight is 373 g/mol. The minimum atomic E-state index is 0.499. The molecule has 0 amide bonds. The van der Waals surface area contributed by atoms with Crippen molar-refractivity contribution in [3.8, 4) is 5.75 Å². The third-order valence-corrected chi connectivity index (χ3v) is 4.12. The predicted molar refractivity (Wildman–Crippen MR) is 106 cm³/mol. The molecule has 0 radical (unpaired) electrons. The number of hydrogen-bond acceptors (Lipinski definition) is 6. The largest absolute Gasteiger partial charge is 0.495 e. The van der Waals surface area contributed by atoms with Crippen LogP contribution in [0.2, 0.25) is 5.02 Å². The second kappa shape index (κ2) is 8.69. The number of para-hydroxylation sites is 1. The molecule has 2 aromatic carbocycles. The van der Waals surface area contributed by atoms with Crippen molar-refractivity contribution < 1.29 is 9.47 Å². The second-order valence-corrected chi connectivity index (χ2v) is 6.07. The lowest BCUT2D eigenvalue weighted by molar-refractivity contribution is 0.198. The minimum absolute atomic E-state index is 0.499. The maximum absolute atomic E-state index is 6.19. The monoisotopic (exact) mass is 372 g/mol. The molecule has 3 rings (SSSR count). The van der Waals surface area contributed by atoms with Gasteiger partial charge in [-0.3, -0.25) is 0 Å². The fraction of sp³-hybridized carbons (Fsp3) is 0.263. The Morgan fingerprint density at radius 3 is 2.69 bits per heavy atom. The Balaban J connectivity index is 1.87. The zero-order valence-electron chi connectivity index (χ0n) is 14.8. The molecule has 0 fully saturated rings. The van der Waals surface area contributed by atoms with E-state index < -0.39 is 0 Å². The molecule has 1 aromatic heterocycles. The van der Waals surface area contributed by atoms with Gasteiger partial charge < -0.3 is 20.1 Å². The summed E-state index contributed by atoms with van der Waals surface area (Å²) in [4.78, 5) is 9.20. The first kappa shape index (κ1) is 18.2. The van der Waals surface area contributed by atoms with Crippen LogP contribution in [0.4, 0.5) is 17.5 Å². The van der Waals surface area contributed by atoms with E-state index in [1.54, 1.807) is 26.4 Å². The molecule has 0 aliphatic rings. The number of fused-ring (bicyclic) bond motifs is 1. The Morgan fingerprint density at radius 2 is 1.92 bits per heavy atom. The summed E-state index contributed by atoms with van der Waals surface area (Å²) in [6, 6.07) is 13.3. The molecule has 7 heteroatoms. The molecule has 6 nitrogen and oxygen atoms in total. The summed E-state index contributed by atoms with van der Waals surface area (Å²) in [5.74, 6) is 1.91. The average Bonchev–Trinajstić information content (AvgIpc) is 2.65. The van der Waals surface area contributed by atoms with Gasteiger partial charge in [-0.15, -0.1) is 0 Å². The normalized spacial score (nSPS) is 10.7. The van der Waals surface area contributed by atoms with Crippen LogP contribution >= 0.6 is 11.6 Å². The molecule has 3 aromatic rings. The maximum Gasteiger partial charge on any atom is 0.229 e. The summed E-state index contributed by atoms with van der Waals surface area (Å²) in [6.07, 6.45) is 0.895. The van der Waals surface area contributed by atoms with Gasteiger partial charge in [0.15, 0.2) is 0 Å². The Morgan fingerprint density at radius 1 is 1.08 bits per heavy atom. The minimum Gasteiger partial charge on any atom is -0.495 e. The number of methoxy groups -OCH3 is 2. The van der Waals surface area contributed by atoms with Crippen molar-refractivity contribution in [2.24, 2.45) is 0 Å². The highest BCUT2D eigenvalue weighted by Crippen LogP contribution is 2.29. The number of rotatable bonds is 8. The van der Waals surface area contributed by atoms with Crippen LogP contribution in [0.1, 0.15) is 6.42 Å². The Kier molecular flexibility index (Phi) is 6.09. The first-order chi connectivity index (χ1) is 12.7. The first-order valence-corrected chi connectivity index (χ1v) is 8.69. The van der Waals surface area contributed by atoms with Gasteiger partial charge in [0.2, 0.25) is 5.95 Å². The van der Waals surface area contributed by atoms with E-state index in [2.05, 4.69) is 20.6 Å². The van der Waals surface area contributed by atoms with E-state index in [9.17, 15) is 0 Å². The SMILES string of the molecule is COCCCNc1nc(Nc2ccc(OC)c(Cl)c2)nc2ccccc12. The Bertz CT molecular complexity index is 889. The third-order valence-electron chi connectivity index (χ3n) is 3.83. The van der Waals surface area contributed by atoms with Crippen LogP contribution in [0.3, 0.4) is 0 Å². The van der Waals surface area contributed by atoms with Crippen molar-refractivity contribution in [2.75, 3.05) is 38.0 Å². The van der Waals surface area contributed by atoms with Gasteiger partial charge in [0.1, 0.15) is 11.6 Å². The summed E-state index contributed by atoms with van der Waals surface area (Å²) in [5, 5.41) is 8.06. The summed E-state index contributed by atoms with van der Waals surface area (Å²) in [5.41, 5.74) is 1.65. The van der Waals surface area contributed by atoms with Crippen LogP contribution in [-0.4, -0.2) is 37.3 Å². The smallest absolute Gasteiger partial charge is 0.229 e. The molecular weight excluding hydrogens is 352 g/mol. The highest BCUT2D eigenvalue weighted by Gasteiger charge is 2.09. The lowest BCUT2D eigenvalue weighted by Gasteiger charge is -2.12.